The van der Waals surface area contributed by atoms with Gasteiger partial charge in [0.25, 0.3) is 0 Å². The Morgan fingerprint density at radius 3 is 2.68 bits per heavy atom. The summed E-state index contributed by atoms with van der Waals surface area (Å²) in [4.78, 5) is 44.3. The number of anilines is 1. The number of H-pyrrole nitrogens is 1. The summed E-state index contributed by atoms with van der Waals surface area (Å²) < 4.78 is 14.4. The van der Waals surface area contributed by atoms with E-state index in [0.717, 1.165) is 51.4 Å². The molecule has 0 fully saturated rings. The number of rotatable bonds is 13. The molecule has 1 amide bonds. The molecule has 0 bridgehead atoms. The number of hydrogen-bond acceptors (Lipinski definition) is 9. The fraction of sp³-hybridized carbons (Fsp3) is 0.395. The van der Waals surface area contributed by atoms with Crippen LogP contribution in [0.5, 0.6) is 5.75 Å². The normalized spacial score (nSPS) is 11.9. The summed E-state index contributed by atoms with van der Waals surface area (Å²) in [7, 11) is 1.73. The Hall–Kier alpha value is -4.97. The molecule has 0 unspecified atom stereocenters. The van der Waals surface area contributed by atoms with E-state index < -0.39 is 5.60 Å². The molecule has 50 heavy (non-hydrogen) atoms. The molecule has 6 rings (SSSR count). The van der Waals surface area contributed by atoms with E-state index in [-0.39, 0.29) is 18.1 Å². The van der Waals surface area contributed by atoms with E-state index >= 15 is 0 Å². The maximum Gasteiger partial charge on any atom is 0.410 e. The quantitative estimate of drug-likeness (QED) is 0.0698. The predicted octanol–water partition coefficient (Wildman–Crippen LogP) is 8.76. The van der Waals surface area contributed by atoms with Crippen molar-refractivity contribution < 1.29 is 19.1 Å². The summed E-state index contributed by atoms with van der Waals surface area (Å²) in [6.07, 6.45) is 6.77. The number of aromatic nitrogens is 5. The van der Waals surface area contributed by atoms with Crippen molar-refractivity contribution in [1.82, 2.24) is 29.4 Å². The lowest BCUT2D eigenvalue weighted by Crippen LogP contribution is -2.34. The van der Waals surface area contributed by atoms with Crippen molar-refractivity contribution in [1.29, 1.82) is 0 Å². The van der Waals surface area contributed by atoms with Gasteiger partial charge < -0.3 is 29.2 Å². The minimum Gasteiger partial charge on any atom is -0.444 e. The van der Waals surface area contributed by atoms with Gasteiger partial charge in [-0.2, -0.15) is 0 Å². The number of fused-ring (bicyclic) bond motifs is 3. The van der Waals surface area contributed by atoms with E-state index in [2.05, 4.69) is 51.2 Å². The Kier molecular flexibility index (Phi) is 10.4. The first-order valence-electron chi connectivity index (χ1n) is 17.2. The zero-order chi connectivity index (χ0) is 35.4. The number of benzene rings is 2. The number of hydrogen-bond donors (Lipinski definition) is 2. The number of carbonyl (C=O) groups is 2. The van der Waals surface area contributed by atoms with Crippen LogP contribution in [0.25, 0.3) is 43.5 Å². The van der Waals surface area contributed by atoms with Crippen LogP contribution in [0.15, 0.2) is 60.4 Å². The van der Waals surface area contributed by atoms with E-state index in [9.17, 15) is 9.59 Å². The molecule has 11 nitrogen and oxygen atoms in total. The summed E-state index contributed by atoms with van der Waals surface area (Å²) in [6.45, 7) is 11.0. The highest BCUT2D eigenvalue weighted by Crippen LogP contribution is 2.34. The predicted molar refractivity (Wildman–Crippen MR) is 200 cm³/mol. The SMILES string of the molecule is CC(C)n1cnc2c(NCCc3c[nH]c4ccc(OC(=O)CCCCCN(C)C(=O)OC(C)(C)C)cc34)nc(-c3csc4ccccc34)nc21. The Balaban J connectivity index is 1.07. The Bertz CT molecular complexity index is 2120. The molecule has 6 aromatic rings. The highest BCUT2D eigenvalue weighted by Gasteiger charge is 2.20. The van der Waals surface area contributed by atoms with E-state index in [4.69, 9.17) is 19.4 Å². The molecule has 12 heteroatoms. The Labute approximate surface area is 296 Å². The summed E-state index contributed by atoms with van der Waals surface area (Å²) in [5.41, 5.74) is 4.10. The lowest BCUT2D eigenvalue weighted by molar-refractivity contribution is -0.134. The number of carbonyl (C=O) groups excluding carboxylic acids is 2. The first-order valence-corrected chi connectivity index (χ1v) is 18.0. The van der Waals surface area contributed by atoms with Crippen LogP contribution in [-0.4, -0.2) is 67.2 Å². The number of unbranched alkanes of at least 4 members (excludes halogenated alkanes) is 2. The molecule has 0 atom stereocenters. The van der Waals surface area contributed by atoms with Crippen molar-refractivity contribution in [3.8, 4) is 17.1 Å². The average molecular weight is 696 g/mol. The molecule has 0 radical (unpaired) electrons. The highest BCUT2D eigenvalue weighted by atomic mass is 32.1. The number of esters is 1. The van der Waals surface area contributed by atoms with Gasteiger partial charge in [0.05, 0.1) is 6.33 Å². The number of thiophene rings is 1. The first-order chi connectivity index (χ1) is 24.0. The third-order valence-corrected chi connectivity index (χ3v) is 9.40. The van der Waals surface area contributed by atoms with Crippen LogP contribution in [0, 0.1) is 0 Å². The number of amides is 1. The van der Waals surface area contributed by atoms with E-state index in [1.54, 1.807) is 23.3 Å². The minimum atomic E-state index is -0.523. The van der Waals surface area contributed by atoms with Crippen molar-refractivity contribution in [2.75, 3.05) is 25.5 Å². The molecule has 0 spiro atoms. The largest absolute Gasteiger partial charge is 0.444 e. The van der Waals surface area contributed by atoms with Crippen LogP contribution in [0.3, 0.4) is 0 Å². The molecule has 0 aliphatic rings. The lowest BCUT2D eigenvalue weighted by atomic mass is 10.1. The fourth-order valence-corrected chi connectivity index (χ4v) is 6.78. The Morgan fingerprint density at radius 1 is 1.06 bits per heavy atom. The maximum absolute atomic E-state index is 12.7. The van der Waals surface area contributed by atoms with Crippen molar-refractivity contribution in [2.45, 2.75) is 78.4 Å². The first kappa shape index (κ1) is 34.9. The van der Waals surface area contributed by atoms with Crippen molar-refractivity contribution in [3.63, 3.8) is 0 Å². The van der Waals surface area contributed by atoms with Crippen LogP contribution in [0.2, 0.25) is 0 Å². The van der Waals surface area contributed by atoms with Gasteiger partial charge in [0, 0.05) is 70.7 Å². The van der Waals surface area contributed by atoms with Gasteiger partial charge in [-0.05, 0) is 83.7 Å². The number of nitrogens with zero attached hydrogens (tertiary/aromatic N) is 5. The van der Waals surface area contributed by atoms with Gasteiger partial charge in [-0.3, -0.25) is 4.79 Å². The summed E-state index contributed by atoms with van der Waals surface area (Å²) in [5.74, 6) is 1.62. The van der Waals surface area contributed by atoms with Crippen LogP contribution in [-0.2, 0) is 16.0 Å². The van der Waals surface area contributed by atoms with Gasteiger partial charge >= 0.3 is 12.1 Å². The molecular formula is C38H45N7O4S. The topological polar surface area (TPSA) is 127 Å². The van der Waals surface area contributed by atoms with Crippen LogP contribution in [0.4, 0.5) is 10.6 Å². The molecule has 4 heterocycles. The van der Waals surface area contributed by atoms with Gasteiger partial charge in [-0.25, -0.2) is 19.7 Å². The van der Waals surface area contributed by atoms with Crippen LogP contribution < -0.4 is 10.1 Å². The molecule has 0 aliphatic carbocycles. The van der Waals surface area contributed by atoms with Gasteiger partial charge in [-0.1, -0.05) is 24.6 Å². The van der Waals surface area contributed by atoms with Gasteiger partial charge in [-0.15, -0.1) is 11.3 Å². The van der Waals surface area contributed by atoms with Crippen LogP contribution >= 0.6 is 11.3 Å². The number of nitrogens with one attached hydrogen (secondary N) is 2. The van der Waals surface area contributed by atoms with Gasteiger partial charge in [0.15, 0.2) is 17.3 Å². The summed E-state index contributed by atoms with van der Waals surface area (Å²) in [6, 6.07) is 14.2. The van der Waals surface area contributed by atoms with E-state index in [1.807, 2.05) is 63.6 Å². The van der Waals surface area contributed by atoms with E-state index in [1.165, 1.54) is 4.70 Å². The fourth-order valence-electron chi connectivity index (χ4n) is 5.84. The number of imidazole rings is 1. The second-order valence-electron chi connectivity index (χ2n) is 13.8. The third-order valence-electron chi connectivity index (χ3n) is 8.44. The number of aromatic amines is 1. The second kappa shape index (κ2) is 14.9. The molecule has 262 valence electrons. The molecule has 4 aromatic heterocycles. The Morgan fingerprint density at radius 2 is 1.88 bits per heavy atom. The molecule has 0 saturated heterocycles. The zero-order valence-electron chi connectivity index (χ0n) is 29.6. The zero-order valence-corrected chi connectivity index (χ0v) is 30.4. The molecule has 0 aliphatic heterocycles. The van der Waals surface area contributed by atoms with Crippen LogP contribution in [0.1, 0.15) is 71.9 Å². The standard InChI is InChI=1S/C38H45N7O4S/c1-24(2)45-23-41-33-35(42-34(43-36(33)45)29-22-50-31-13-10-9-12-27(29)31)39-18-17-25-21-40-30-16-15-26(20-28(25)30)48-32(46)14-8-7-11-19-44(6)37(47)49-38(3,4)5/h9-10,12-13,15-16,20-24,40H,7-8,11,14,17-19H2,1-6H3,(H,39,42,43). The van der Waals surface area contributed by atoms with Crippen molar-refractivity contribution in [3.05, 3.63) is 65.9 Å². The summed E-state index contributed by atoms with van der Waals surface area (Å²) in [5, 5.41) is 7.81. The molecule has 2 N–H and O–H groups in total. The lowest BCUT2D eigenvalue weighted by Gasteiger charge is -2.24. The second-order valence-corrected chi connectivity index (χ2v) is 14.8. The van der Waals surface area contributed by atoms with Gasteiger partial charge in [0.2, 0.25) is 0 Å². The monoisotopic (exact) mass is 695 g/mol. The third kappa shape index (κ3) is 8.07. The van der Waals surface area contributed by atoms with Crippen molar-refractivity contribution >= 4 is 61.4 Å². The molecular weight excluding hydrogens is 651 g/mol. The molecule has 2 aromatic carbocycles. The smallest absolute Gasteiger partial charge is 0.410 e. The summed E-state index contributed by atoms with van der Waals surface area (Å²) >= 11 is 1.69. The molecule has 0 saturated carbocycles. The maximum atomic E-state index is 12.7. The van der Waals surface area contributed by atoms with Crippen molar-refractivity contribution in [2.24, 2.45) is 0 Å². The minimum absolute atomic E-state index is 0.196. The number of ether oxygens (including phenoxy) is 2. The van der Waals surface area contributed by atoms with Gasteiger partial charge in [0.1, 0.15) is 16.9 Å². The van der Waals surface area contributed by atoms with E-state index in [0.29, 0.717) is 49.7 Å². The average Bonchev–Trinajstić information content (AvgIpc) is 3.80. The highest BCUT2D eigenvalue weighted by molar-refractivity contribution is 7.17.